The summed E-state index contributed by atoms with van der Waals surface area (Å²) in [6.45, 7) is 1.25. The Morgan fingerprint density at radius 3 is 3.08 bits per heavy atom. The van der Waals surface area contributed by atoms with E-state index in [2.05, 4.69) is 11.1 Å². The van der Waals surface area contributed by atoms with E-state index in [9.17, 15) is 0 Å². The molecule has 68 valence electrons. The number of nitrogens with zero attached hydrogens (tertiary/aromatic N) is 3. The highest BCUT2D eigenvalue weighted by Crippen LogP contribution is 2.13. The Morgan fingerprint density at radius 1 is 1.69 bits per heavy atom. The normalized spacial score (nSPS) is 9.31. The van der Waals surface area contributed by atoms with Crippen molar-refractivity contribution in [1.29, 1.82) is 5.26 Å². The van der Waals surface area contributed by atoms with Gasteiger partial charge in [0.05, 0.1) is 5.56 Å². The molecule has 0 radical (unpaired) electrons. The molecule has 0 aliphatic heterocycles. The van der Waals surface area contributed by atoms with Gasteiger partial charge in [0.1, 0.15) is 11.9 Å². The minimum absolute atomic E-state index is 0.554. The third-order valence-electron chi connectivity index (χ3n) is 1.73. The molecule has 4 nitrogen and oxygen atoms in total. The van der Waals surface area contributed by atoms with Gasteiger partial charge in [-0.15, -0.1) is 0 Å². The Kier molecular flexibility index (Phi) is 3.23. The van der Waals surface area contributed by atoms with Gasteiger partial charge >= 0.3 is 0 Å². The maximum Gasteiger partial charge on any atom is 0.146 e. The number of hydrogen-bond acceptors (Lipinski definition) is 4. The number of likely N-dealkylation sites (N-methyl/N-ethyl adjacent to an activating group) is 1. The first kappa shape index (κ1) is 9.49. The minimum Gasteiger partial charge on any atom is -0.357 e. The van der Waals surface area contributed by atoms with Crippen molar-refractivity contribution < 1.29 is 0 Å². The molecule has 0 bridgehead atoms. The van der Waals surface area contributed by atoms with Gasteiger partial charge < -0.3 is 10.6 Å². The van der Waals surface area contributed by atoms with Crippen LogP contribution in [0, 0.1) is 11.3 Å². The van der Waals surface area contributed by atoms with E-state index in [1.54, 1.807) is 18.3 Å². The van der Waals surface area contributed by atoms with Crippen LogP contribution in [0.1, 0.15) is 5.56 Å². The molecule has 0 amide bonds. The smallest absolute Gasteiger partial charge is 0.146 e. The highest BCUT2D eigenvalue weighted by atomic mass is 15.2. The number of hydrogen-bond donors (Lipinski definition) is 1. The summed E-state index contributed by atoms with van der Waals surface area (Å²) in [4.78, 5) is 5.99. The highest BCUT2D eigenvalue weighted by molar-refractivity contribution is 5.52. The van der Waals surface area contributed by atoms with Crippen molar-refractivity contribution in [2.75, 3.05) is 25.0 Å². The van der Waals surface area contributed by atoms with E-state index in [-0.39, 0.29) is 0 Å². The molecule has 0 saturated heterocycles. The van der Waals surface area contributed by atoms with Crippen LogP contribution in [0.25, 0.3) is 0 Å². The van der Waals surface area contributed by atoms with Crippen molar-refractivity contribution in [3.8, 4) is 6.07 Å². The first-order valence-corrected chi connectivity index (χ1v) is 4.06. The van der Waals surface area contributed by atoms with E-state index in [1.165, 1.54) is 0 Å². The summed E-state index contributed by atoms with van der Waals surface area (Å²) in [7, 11) is 1.87. The van der Waals surface area contributed by atoms with Crippen LogP contribution in [0.2, 0.25) is 0 Å². The monoisotopic (exact) mass is 176 g/mol. The van der Waals surface area contributed by atoms with Crippen LogP contribution >= 0.6 is 0 Å². The van der Waals surface area contributed by atoms with E-state index < -0.39 is 0 Å². The van der Waals surface area contributed by atoms with E-state index >= 15 is 0 Å². The number of nitriles is 1. The molecule has 0 fully saturated rings. The lowest BCUT2D eigenvalue weighted by atomic mass is 10.2. The van der Waals surface area contributed by atoms with Gasteiger partial charge in [-0.2, -0.15) is 5.26 Å². The van der Waals surface area contributed by atoms with Crippen LogP contribution in [-0.2, 0) is 0 Å². The van der Waals surface area contributed by atoms with Gasteiger partial charge in [0.25, 0.3) is 0 Å². The van der Waals surface area contributed by atoms with Gasteiger partial charge in [-0.25, -0.2) is 4.98 Å². The molecule has 1 aromatic rings. The largest absolute Gasteiger partial charge is 0.357 e. The molecule has 1 heterocycles. The fourth-order valence-electron chi connectivity index (χ4n) is 1.09. The lowest BCUT2D eigenvalue weighted by Crippen LogP contribution is -2.26. The van der Waals surface area contributed by atoms with E-state index in [1.807, 2.05) is 11.9 Å². The second-order valence-electron chi connectivity index (χ2n) is 2.70. The summed E-state index contributed by atoms with van der Waals surface area (Å²) in [5.74, 6) is 0.690. The van der Waals surface area contributed by atoms with Crippen molar-refractivity contribution >= 4 is 5.82 Å². The fourth-order valence-corrected chi connectivity index (χ4v) is 1.09. The van der Waals surface area contributed by atoms with Gasteiger partial charge in [-0.1, -0.05) is 0 Å². The molecule has 1 rings (SSSR count). The fraction of sp³-hybridized carbons (Fsp3) is 0.333. The minimum atomic E-state index is 0.554. The lowest BCUT2D eigenvalue weighted by molar-refractivity contribution is 0.866. The average molecular weight is 176 g/mol. The zero-order chi connectivity index (χ0) is 9.68. The third-order valence-corrected chi connectivity index (χ3v) is 1.73. The number of aromatic nitrogens is 1. The summed E-state index contributed by atoms with van der Waals surface area (Å²) in [6, 6.07) is 5.58. The molecule has 2 N–H and O–H groups in total. The summed E-state index contributed by atoms with van der Waals surface area (Å²) in [5, 5.41) is 8.79. The zero-order valence-electron chi connectivity index (χ0n) is 7.57. The standard InChI is InChI=1S/C9H12N4/c1-13(6-4-10)9-8(7-11)3-2-5-12-9/h2-3,5H,4,6,10H2,1H3. The maximum absolute atomic E-state index is 8.79. The second-order valence-corrected chi connectivity index (χ2v) is 2.70. The van der Waals surface area contributed by atoms with Gasteiger partial charge in [0.2, 0.25) is 0 Å². The highest BCUT2D eigenvalue weighted by Gasteiger charge is 2.06. The van der Waals surface area contributed by atoms with Crippen LogP contribution in [0.3, 0.4) is 0 Å². The molecular formula is C9H12N4. The number of nitrogens with two attached hydrogens (primary N) is 1. The average Bonchev–Trinajstić information content (AvgIpc) is 2.18. The van der Waals surface area contributed by atoms with E-state index in [0.717, 1.165) is 0 Å². The molecule has 0 aliphatic carbocycles. The molecular weight excluding hydrogens is 164 g/mol. The van der Waals surface area contributed by atoms with Crippen molar-refractivity contribution in [1.82, 2.24) is 4.98 Å². The molecule has 0 saturated carbocycles. The van der Waals surface area contributed by atoms with Crippen LogP contribution in [0.15, 0.2) is 18.3 Å². The predicted molar refractivity (Wildman–Crippen MR) is 51.3 cm³/mol. The Morgan fingerprint density at radius 2 is 2.46 bits per heavy atom. The Labute approximate surface area is 77.6 Å². The summed E-state index contributed by atoms with van der Waals surface area (Å²) in [6.07, 6.45) is 1.67. The van der Waals surface area contributed by atoms with E-state index in [0.29, 0.717) is 24.5 Å². The Balaban J connectivity index is 2.93. The molecule has 13 heavy (non-hydrogen) atoms. The number of anilines is 1. The second kappa shape index (κ2) is 4.43. The molecule has 4 heteroatoms. The maximum atomic E-state index is 8.79. The van der Waals surface area contributed by atoms with Crippen LogP contribution in [-0.4, -0.2) is 25.1 Å². The SMILES string of the molecule is CN(CCN)c1ncccc1C#N. The quantitative estimate of drug-likeness (QED) is 0.721. The van der Waals surface area contributed by atoms with Gasteiger partial charge in [0.15, 0.2) is 0 Å². The van der Waals surface area contributed by atoms with Crippen LogP contribution in [0.5, 0.6) is 0 Å². The summed E-state index contributed by atoms with van der Waals surface area (Å²) in [5.41, 5.74) is 5.99. The van der Waals surface area contributed by atoms with E-state index in [4.69, 9.17) is 11.0 Å². The van der Waals surface area contributed by atoms with Crippen molar-refractivity contribution in [2.45, 2.75) is 0 Å². The molecule has 0 atom stereocenters. The molecule has 0 aromatic carbocycles. The van der Waals surface area contributed by atoms with Gasteiger partial charge in [-0.3, -0.25) is 0 Å². The predicted octanol–water partition coefficient (Wildman–Crippen LogP) is 0.348. The van der Waals surface area contributed by atoms with Gasteiger partial charge in [-0.05, 0) is 12.1 Å². The van der Waals surface area contributed by atoms with Crippen molar-refractivity contribution in [3.05, 3.63) is 23.9 Å². The summed E-state index contributed by atoms with van der Waals surface area (Å²) >= 11 is 0. The first-order chi connectivity index (χ1) is 6.29. The summed E-state index contributed by atoms with van der Waals surface area (Å²) < 4.78 is 0. The molecule has 1 aromatic heterocycles. The van der Waals surface area contributed by atoms with Crippen molar-refractivity contribution in [2.24, 2.45) is 5.73 Å². The third kappa shape index (κ3) is 2.17. The van der Waals surface area contributed by atoms with Gasteiger partial charge in [0, 0.05) is 26.3 Å². The zero-order valence-corrected chi connectivity index (χ0v) is 7.57. The molecule has 0 unspecified atom stereocenters. The lowest BCUT2D eigenvalue weighted by Gasteiger charge is -2.17. The molecule has 0 aliphatic rings. The topological polar surface area (TPSA) is 65.9 Å². The number of rotatable bonds is 3. The molecule has 0 spiro atoms. The number of pyridine rings is 1. The van der Waals surface area contributed by atoms with Crippen LogP contribution in [0.4, 0.5) is 5.82 Å². The Bertz CT molecular complexity index is 316. The Hall–Kier alpha value is -1.60. The van der Waals surface area contributed by atoms with Crippen LogP contribution < -0.4 is 10.6 Å². The van der Waals surface area contributed by atoms with Crippen molar-refractivity contribution in [3.63, 3.8) is 0 Å². The first-order valence-electron chi connectivity index (χ1n) is 4.06.